The Balaban J connectivity index is 2.11. The Morgan fingerprint density at radius 2 is 2.07 bits per heavy atom. The van der Waals surface area contributed by atoms with Gasteiger partial charge in [-0.2, -0.15) is 0 Å². The van der Waals surface area contributed by atoms with Gasteiger partial charge in [0.2, 0.25) is 0 Å². The minimum atomic E-state index is 0.229. The fraction of sp³-hybridized carbons (Fsp3) is 0.417. The van der Waals surface area contributed by atoms with Crippen molar-refractivity contribution in [3.63, 3.8) is 0 Å². The minimum Gasteiger partial charge on any atom is -0.411 e. The van der Waals surface area contributed by atoms with Crippen molar-refractivity contribution in [2.24, 2.45) is 5.16 Å². The van der Waals surface area contributed by atoms with Gasteiger partial charge in [0.05, 0.1) is 5.71 Å². The van der Waals surface area contributed by atoms with E-state index in [-0.39, 0.29) is 5.41 Å². The molecule has 1 N–H and O–H groups in total. The van der Waals surface area contributed by atoms with Crippen molar-refractivity contribution in [3.05, 3.63) is 35.4 Å². The van der Waals surface area contributed by atoms with Gasteiger partial charge in [-0.05, 0) is 12.6 Å². The van der Waals surface area contributed by atoms with Gasteiger partial charge < -0.3 is 10.1 Å². The Bertz CT molecular complexity index is 433. The molecular weight excluding hydrogens is 188 g/mol. The van der Waals surface area contributed by atoms with E-state index in [4.69, 9.17) is 5.21 Å². The molecule has 0 atom stereocenters. The van der Waals surface area contributed by atoms with Gasteiger partial charge >= 0.3 is 0 Å². The molecule has 1 heterocycles. The molecule has 2 aliphatic rings. The lowest BCUT2D eigenvalue weighted by atomic mass is 9.75. The number of fused-ring (bicyclic) bond motifs is 2. The van der Waals surface area contributed by atoms with Crippen molar-refractivity contribution in [2.75, 3.05) is 20.1 Å². The standard InChI is InChI=1S/C12H14N2O/c1-14-7-12(8-14)6-11(13-15)9-4-2-3-5-10(9)12/h2-5,15H,6-8H2,1H3. The molecule has 3 rings (SSSR count). The van der Waals surface area contributed by atoms with Gasteiger partial charge in [-0.3, -0.25) is 0 Å². The summed E-state index contributed by atoms with van der Waals surface area (Å²) in [5.74, 6) is 0. The lowest BCUT2D eigenvalue weighted by Gasteiger charge is -2.46. The number of hydrogen-bond donors (Lipinski definition) is 1. The molecule has 0 aromatic heterocycles. The monoisotopic (exact) mass is 202 g/mol. The van der Waals surface area contributed by atoms with Crippen LogP contribution in [0.1, 0.15) is 17.5 Å². The van der Waals surface area contributed by atoms with Crippen molar-refractivity contribution in [1.82, 2.24) is 4.90 Å². The molecule has 0 saturated carbocycles. The van der Waals surface area contributed by atoms with Crippen LogP contribution in [0.25, 0.3) is 0 Å². The average molecular weight is 202 g/mol. The minimum absolute atomic E-state index is 0.229. The van der Waals surface area contributed by atoms with Crippen LogP contribution in [-0.2, 0) is 5.41 Å². The summed E-state index contributed by atoms with van der Waals surface area (Å²) in [5, 5.41) is 12.4. The number of nitrogens with zero attached hydrogens (tertiary/aromatic N) is 2. The lowest BCUT2D eigenvalue weighted by Crippen LogP contribution is -2.56. The second-order valence-corrected chi connectivity index (χ2v) is 4.72. The van der Waals surface area contributed by atoms with Gasteiger partial charge in [-0.25, -0.2) is 0 Å². The van der Waals surface area contributed by atoms with Crippen molar-refractivity contribution in [3.8, 4) is 0 Å². The maximum Gasteiger partial charge on any atom is 0.0880 e. The van der Waals surface area contributed by atoms with Crippen LogP contribution in [0.4, 0.5) is 0 Å². The van der Waals surface area contributed by atoms with Crippen LogP contribution in [0, 0.1) is 0 Å². The number of benzene rings is 1. The molecule has 1 fully saturated rings. The van der Waals surface area contributed by atoms with Crippen LogP contribution in [0.2, 0.25) is 0 Å². The summed E-state index contributed by atoms with van der Waals surface area (Å²) in [6.45, 7) is 2.14. The highest BCUT2D eigenvalue weighted by atomic mass is 16.4. The van der Waals surface area contributed by atoms with Crippen LogP contribution in [0.15, 0.2) is 29.4 Å². The highest BCUT2D eigenvalue weighted by Crippen LogP contribution is 2.44. The third-order valence-corrected chi connectivity index (χ3v) is 3.58. The Kier molecular flexibility index (Phi) is 1.68. The first-order valence-electron chi connectivity index (χ1n) is 5.24. The van der Waals surface area contributed by atoms with Gasteiger partial charge in [0.1, 0.15) is 0 Å². The molecule has 78 valence electrons. The quantitative estimate of drug-likeness (QED) is 0.510. The highest BCUT2D eigenvalue weighted by molar-refractivity contribution is 6.06. The average Bonchev–Trinajstić information content (AvgIpc) is 2.54. The fourth-order valence-corrected chi connectivity index (χ4v) is 3.07. The van der Waals surface area contributed by atoms with E-state index in [2.05, 4.69) is 35.3 Å². The van der Waals surface area contributed by atoms with Crippen molar-refractivity contribution < 1.29 is 5.21 Å². The zero-order valence-corrected chi connectivity index (χ0v) is 8.77. The molecule has 1 saturated heterocycles. The fourth-order valence-electron chi connectivity index (χ4n) is 3.07. The Hall–Kier alpha value is -1.35. The van der Waals surface area contributed by atoms with E-state index in [9.17, 15) is 0 Å². The van der Waals surface area contributed by atoms with Crippen LogP contribution in [0.3, 0.4) is 0 Å². The van der Waals surface area contributed by atoms with Gasteiger partial charge in [0, 0.05) is 30.5 Å². The van der Waals surface area contributed by atoms with E-state index in [1.54, 1.807) is 0 Å². The van der Waals surface area contributed by atoms with Crippen molar-refractivity contribution >= 4 is 5.71 Å². The third-order valence-electron chi connectivity index (χ3n) is 3.58. The van der Waals surface area contributed by atoms with Gasteiger partial charge in [-0.1, -0.05) is 29.4 Å². The summed E-state index contributed by atoms with van der Waals surface area (Å²) in [6.07, 6.45) is 0.882. The Morgan fingerprint density at radius 1 is 1.33 bits per heavy atom. The number of rotatable bonds is 0. The van der Waals surface area contributed by atoms with Crippen LogP contribution >= 0.6 is 0 Å². The van der Waals surface area contributed by atoms with E-state index in [0.717, 1.165) is 30.8 Å². The molecular formula is C12H14N2O. The maximum absolute atomic E-state index is 9.00. The predicted octanol–water partition coefficient (Wildman–Crippen LogP) is 1.45. The first-order chi connectivity index (χ1) is 7.25. The summed E-state index contributed by atoms with van der Waals surface area (Å²) >= 11 is 0. The summed E-state index contributed by atoms with van der Waals surface area (Å²) in [4.78, 5) is 2.30. The molecule has 1 aliphatic carbocycles. The number of likely N-dealkylation sites (tertiary alicyclic amines) is 1. The van der Waals surface area contributed by atoms with Crippen LogP contribution in [0.5, 0.6) is 0 Å². The molecule has 15 heavy (non-hydrogen) atoms. The Morgan fingerprint density at radius 3 is 2.73 bits per heavy atom. The van der Waals surface area contributed by atoms with E-state index < -0.39 is 0 Å². The molecule has 3 nitrogen and oxygen atoms in total. The molecule has 0 unspecified atom stereocenters. The van der Waals surface area contributed by atoms with Crippen molar-refractivity contribution in [2.45, 2.75) is 11.8 Å². The van der Waals surface area contributed by atoms with Gasteiger partial charge in [0.15, 0.2) is 0 Å². The molecule has 0 amide bonds. The van der Waals surface area contributed by atoms with Gasteiger partial charge in [0.25, 0.3) is 0 Å². The van der Waals surface area contributed by atoms with Gasteiger partial charge in [-0.15, -0.1) is 0 Å². The topological polar surface area (TPSA) is 35.8 Å². The second kappa shape index (κ2) is 2.83. The summed E-state index contributed by atoms with van der Waals surface area (Å²) in [7, 11) is 2.13. The number of hydrogen-bond acceptors (Lipinski definition) is 3. The molecule has 3 heteroatoms. The SMILES string of the molecule is CN1CC2(CC(=NO)c3ccccc32)C1. The molecule has 1 aromatic rings. The second-order valence-electron chi connectivity index (χ2n) is 4.72. The number of likely N-dealkylation sites (N-methyl/N-ethyl adjacent to an activating group) is 1. The smallest absolute Gasteiger partial charge is 0.0880 e. The van der Waals surface area contributed by atoms with Crippen LogP contribution < -0.4 is 0 Å². The van der Waals surface area contributed by atoms with E-state index in [0.29, 0.717) is 0 Å². The number of oxime groups is 1. The first kappa shape index (κ1) is 8.92. The van der Waals surface area contributed by atoms with Crippen LogP contribution in [-0.4, -0.2) is 36.0 Å². The largest absolute Gasteiger partial charge is 0.411 e. The maximum atomic E-state index is 9.00. The Labute approximate surface area is 89.0 Å². The molecule has 0 bridgehead atoms. The molecule has 1 aromatic carbocycles. The molecule has 0 radical (unpaired) electrons. The van der Waals surface area contributed by atoms with Crippen molar-refractivity contribution in [1.29, 1.82) is 0 Å². The zero-order valence-electron chi connectivity index (χ0n) is 8.77. The van der Waals surface area contributed by atoms with E-state index in [1.165, 1.54) is 5.56 Å². The summed E-state index contributed by atoms with van der Waals surface area (Å²) < 4.78 is 0. The molecule has 1 aliphatic heterocycles. The summed E-state index contributed by atoms with van der Waals surface area (Å²) in [5.41, 5.74) is 3.56. The zero-order chi connectivity index (χ0) is 10.5. The first-order valence-corrected chi connectivity index (χ1v) is 5.24. The lowest BCUT2D eigenvalue weighted by molar-refractivity contribution is 0.103. The third kappa shape index (κ3) is 1.07. The van der Waals surface area contributed by atoms with E-state index in [1.807, 2.05) is 6.07 Å². The predicted molar refractivity (Wildman–Crippen MR) is 58.6 cm³/mol. The normalized spacial score (nSPS) is 25.5. The summed E-state index contributed by atoms with van der Waals surface area (Å²) in [6, 6.07) is 8.29. The van der Waals surface area contributed by atoms with E-state index >= 15 is 0 Å². The highest BCUT2D eigenvalue weighted by Gasteiger charge is 2.49. The molecule has 1 spiro atoms.